The Hall–Kier alpha value is -4.15. The second-order valence-electron chi connectivity index (χ2n) is 9.20. The van der Waals surface area contributed by atoms with Gasteiger partial charge in [0.2, 0.25) is 17.7 Å². The van der Waals surface area contributed by atoms with E-state index in [0.29, 0.717) is 11.6 Å². The lowest BCUT2D eigenvalue weighted by Crippen LogP contribution is -2.49. The molecule has 1 aliphatic rings. The van der Waals surface area contributed by atoms with Crippen LogP contribution in [-0.4, -0.2) is 35.6 Å². The van der Waals surface area contributed by atoms with Gasteiger partial charge in [-0.2, -0.15) is 0 Å². The molecule has 1 aliphatic heterocycles. The summed E-state index contributed by atoms with van der Waals surface area (Å²) < 4.78 is 27.1. The van der Waals surface area contributed by atoms with Crippen molar-refractivity contribution in [3.8, 4) is 0 Å². The molecule has 5 amide bonds. The predicted molar refractivity (Wildman–Crippen MR) is 130 cm³/mol. The van der Waals surface area contributed by atoms with Crippen LogP contribution in [0.1, 0.15) is 38.8 Å². The third-order valence-corrected chi connectivity index (χ3v) is 6.11. The number of halogens is 2. The molecule has 1 heterocycles. The van der Waals surface area contributed by atoms with Crippen LogP contribution in [-0.2, 0) is 19.2 Å². The van der Waals surface area contributed by atoms with Crippen molar-refractivity contribution >= 4 is 35.2 Å². The van der Waals surface area contributed by atoms with Crippen molar-refractivity contribution < 1.29 is 32.8 Å². The fraction of sp³-hybridized carbons (Fsp3) is 0.346. The van der Waals surface area contributed by atoms with Crippen LogP contribution in [0.4, 0.5) is 19.3 Å². The van der Waals surface area contributed by atoms with Gasteiger partial charge in [-0.1, -0.05) is 51.1 Å². The lowest BCUT2D eigenvalue weighted by Gasteiger charge is -2.26. The van der Waals surface area contributed by atoms with Crippen molar-refractivity contribution in [2.24, 2.45) is 17.8 Å². The molecule has 4 N–H and O–H groups in total. The standard InChI is InChI=1S/C26H28F2N4O5/c1-13(2)22(23(34)21-14(3)24(35)32-25(21)36)31-20(33)12-19(15-7-5-4-6-8-15)30-26(37)29-18-10-9-16(27)11-17(18)28/h4-11,13-14,19,21-22H,12H2,1-3H3,(H,31,33)(H2,29,30,37)(H,32,35,36)/t14-,19?,21?,22-/m0/s1. The van der Waals surface area contributed by atoms with Crippen LogP contribution in [0.5, 0.6) is 0 Å². The molecular formula is C26H28F2N4O5. The van der Waals surface area contributed by atoms with Crippen LogP contribution in [0, 0.1) is 29.4 Å². The van der Waals surface area contributed by atoms with Gasteiger partial charge in [-0.15, -0.1) is 0 Å². The quantitative estimate of drug-likeness (QED) is 0.302. The average Bonchev–Trinajstić information content (AvgIpc) is 3.09. The van der Waals surface area contributed by atoms with Crippen LogP contribution >= 0.6 is 0 Å². The van der Waals surface area contributed by atoms with Gasteiger partial charge in [0.15, 0.2) is 5.78 Å². The zero-order chi connectivity index (χ0) is 27.3. The van der Waals surface area contributed by atoms with Gasteiger partial charge in [0, 0.05) is 6.07 Å². The first-order valence-electron chi connectivity index (χ1n) is 11.7. The third-order valence-electron chi connectivity index (χ3n) is 6.11. The molecule has 0 aliphatic carbocycles. The minimum absolute atomic E-state index is 0.251. The topological polar surface area (TPSA) is 133 Å². The van der Waals surface area contributed by atoms with Gasteiger partial charge in [0.25, 0.3) is 0 Å². The average molecular weight is 515 g/mol. The van der Waals surface area contributed by atoms with Crippen LogP contribution in [0.25, 0.3) is 0 Å². The van der Waals surface area contributed by atoms with E-state index in [1.54, 1.807) is 44.2 Å². The summed E-state index contributed by atoms with van der Waals surface area (Å²) in [6, 6.07) is 8.44. The third kappa shape index (κ3) is 6.75. The molecule has 196 valence electrons. The molecule has 2 aromatic carbocycles. The molecule has 0 aromatic heterocycles. The van der Waals surface area contributed by atoms with Gasteiger partial charge < -0.3 is 16.0 Å². The number of carbonyl (C=O) groups excluding carboxylic acids is 5. The van der Waals surface area contributed by atoms with E-state index >= 15 is 0 Å². The maximum Gasteiger partial charge on any atom is 0.319 e. The Morgan fingerprint density at radius 3 is 2.22 bits per heavy atom. The van der Waals surface area contributed by atoms with E-state index in [2.05, 4.69) is 21.3 Å². The number of urea groups is 1. The zero-order valence-corrected chi connectivity index (χ0v) is 20.5. The van der Waals surface area contributed by atoms with E-state index in [1.165, 1.54) is 6.92 Å². The van der Waals surface area contributed by atoms with Crippen LogP contribution in [0.2, 0.25) is 0 Å². The highest BCUT2D eigenvalue weighted by Crippen LogP contribution is 2.24. The normalized spacial score (nSPS) is 18.6. The Balaban J connectivity index is 1.74. The molecule has 3 rings (SSSR count). The largest absolute Gasteiger partial charge is 0.346 e. The molecule has 0 radical (unpaired) electrons. The monoisotopic (exact) mass is 514 g/mol. The fourth-order valence-electron chi connectivity index (χ4n) is 4.09. The van der Waals surface area contributed by atoms with Crippen molar-refractivity contribution in [2.45, 2.75) is 39.3 Å². The predicted octanol–water partition coefficient (Wildman–Crippen LogP) is 2.84. The lowest BCUT2D eigenvalue weighted by molar-refractivity contribution is -0.137. The van der Waals surface area contributed by atoms with Gasteiger partial charge in [-0.25, -0.2) is 13.6 Å². The molecule has 0 saturated carbocycles. The van der Waals surface area contributed by atoms with E-state index in [4.69, 9.17) is 0 Å². The SMILES string of the molecule is CC(C)[C@H](NC(=O)CC(NC(=O)Nc1ccc(F)cc1F)c1ccccc1)C(=O)C1C(=O)NC(=O)[C@H]1C. The number of amides is 5. The van der Waals surface area contributed by atoms with Crippen LogP contribution < -0.4 is 21.3 Å². The molecule has 0 bridgehead atoms. The Labute approximate surface area is 212 Å². The maximum atomic E-state index is 14.0. The molecule has 1 saturated heterocycles. The maximum absolute atomic E-state index is 14.0. The highest BCUT2D eigenvalue weighted by Gasteiger charge is 2.46. The molecule has 11 heteroatoms. The first-order valence-corrected chi connectivity index (χ1v) is 11.7. The summed E-state index contributed by atoms with van der Waals surface area (Å²) in [5, 5.41) is 9.65. The van der Waals surface area contributed by atoms with E-state index in [1.807, 2.05) is 0 Å². The van der Waals surface area contributed by atoms with E-state index in [0.717, 1.165) is 12.1 Å². The summed E-state index contributed by atoms with van der Waals surface area (Å²) in [6.45, 7) is 4.86. The van der Waals surface area contributed by atoms with Gasteiger partial charge in [-0.3, -0.25) is 24.5 Å². The first kappa shape index (κ1) is 27.4. The molecule has 9 nitrogen and oxygen atoms in total. The van der Waals surface area contributed by atoms with Crippen molar-refractivity contribution in [1.29, 1.82) is 0 Å². The Morgan fingerprint density at radius 1 is 0.973 bits per heavy atom. The Bertz CT molecular complexity index is 1200. The van der Waals surface area contributed by atoms with Crippen LogP contribution in [0.15, 0.2) is 48.5 Å². The Kier molecular flexibility index (Phi) is 8.69. The van der Waals surface area contributed by atoms with E-state index in [9.17, 15) is 32.8 Å². The lowest BCUT2D eigenvalue weighted by atomic mass is 9.85. The summed E-state index contributed by atoms with van der Waals surface area (Å²) in [5.41, 5.74) is 0.313. The number of nitrogens with one attached hydrogen (secondary N) is 4. The van der Waals surface area contributed by atoms with Gasteiger partial charge in [-0.05, 0) is 23.6 Å². The summed E-state index contributed by atoms with van der Waals surface area (Å²) >= 11 is 0. The van der Waals surface area contributed by atoms with Crippen molar-refractivity contribution in [3.63, 3.8) is 0 Å². The highest BCUT2D eigenvalue weighted by atomic mass is 19.1. The van der Waals surface area contributed by atoms with Gasteiger partial charge in [0.1, 0.15) is 17.6 Å². The highest BCUT2D eigenvalue weighted by molar-refractivity contribution is 6.16. The summed E-state index contributed by atoms with van der Waals surface area (Å²) in [4.78, 5) is 62.7. The van der Waals surface area contributed by atoms with Crippen molar-refractivity contribution in [3.05, 3.63) is 65.7 Å². The smallest absolute Gasteiger partial charge is 0.319 e. The number of hydrogen-bond acceptors (Lipinski definition) is 5. The molecule has 1 fully saturated rings. The number of anilines is 1. The minimum Gasteiger partial charge on any atom is -0.346 e. The first-order chi connectivity index (χ1) is 17.5. The second kappa shape index (κ2) is 11.7. The number of hydrogen-bond donors (Lipinski definition) is 4. The number of ketones is 1. The van der Waals surface area contributed by atoms with Crippen molar-refractivity contribution in [1.82, 2.24) is 16.0 Å². The number of carbonyl (C=O) groups is 5. The summed E-state index contributed by atoms with van der Waals surface area (Å²) in [7, 11) is 0. The Morgan fingerprint density at radius 2 is 1.65 bits per heavy atom. The zero-order valence-electron chi connectivity index (χ0n) is 20.5. The number of imide groups is 1. The van der Waals surface area contributed by atoms with Crippen molar-refractivity contribution in [2.75, 3.05) is 5.32 Å². The van der Waals surface area contributed by atoms with Gasteiger partial charge in [0.05, 0.1) is 30.1 Å². The molecule has 0 spiro atoms. The second-order valence-corrected chi connectivity index (χ2v) is 9.20. The molecular weight excluding hydrogens is 486 g/mol. The van der Waals surface area contributed by atoms with E-state index in [-0.39, 0.29) is 18.0 Å². The van der Waals surface area contributed by atoms with Crippen LogP contribution in [0.3, 0.4) is 0 Å². The molecule has 37 heavy (non-hydrogen) atoms. The summed E-state index contributed by atoms with van der Waals surface area (Å²) in [5.74, 6) is -6.63. The summed E-state index contributed by atoms with van der Waals surface area (Å²) in [6.07, 6.45) is -0.287. The number of benzene rings is 2. The van der Waals surface area contributed by atoms with E-state index < -0.39 is 65.1 Å². The molecule has 2 unspecified atom stereocenters. The fourth-order valence-corrected chi connectivity index (χ4v) is 4.09. The molecule has 2 aromatic rings. The number of rotatable bonds is 9. The van der Waals surface area contributed by atoms with Gasteiger partial charge >= 0.3 is 6.03 Å². The minimum atomic E-state index is -1.21. The molecule has 4 atom stereocenters. The number of Topliss-reactive ketones (excluding diaryl/α,β-unsaturated/α-hetero) is 1.